The average molecular weight is 897 g/mol. The number of anilines is 6. The molecule has 2 nitrogen and oxygen atoms in total. The number of nitrogens with zero attached hydrogens (tertiary/aromatic N) is 2. The van der Waals surface area contributed by atoms with Gasteiger partial charge in [0.1, 0.15) is 11.6 Å². The van der Waals surface area contributed by atoms with Crippen molar-refractivity contribution < 1.29 is 8.78 Å². The zero-order valence-corrected chi connectivity index (χ0v) is 38.5. The summed E-state index contributed by atoms with van der Waals surface area (Å²) < 4.78 is 35.3. The first-order chi connectivity index (χ1) is 34.0. The van der Waals surface area contributed by atoms with Crippen LogP contribution in [0.2, 0.25) is 0 Å². The smallest absolute Gasteiger partial charge is 0.148 e. The van der Waals surface area contributed by atoms with Gasteiger partial charge in [-0.2, -0.15) is 0 Å². The molecule has 0 bridgehead atoms. The van der Waals surface area contributed by atoms with E-state index in [0.29, 0.717) is 11.4 Å². The van der Waals surface area contributed by atoms with Crippen LogP contribution >= 0.6 is 0 Å². The van der Waals surface area contributed by atoms with Gasteiger partial charge in [0.15, 0.2) is 0 Å². The van der Waals surface area contributed by atoms with Crippen molar-refractivity contribution in [3.05, 3.63) is 254 Å². The first kappa shape index (κ1) is 43.2. The molecule has 1 aliphatic rings. The van der Waals surface area contributed by atoms with E-state index in [0.717, 1.165) is 125 Å². The summed E-state index contributed by atoms with van der Waals surface area (Å²) in [7, 11) is 0. The minimum atomic E-state index is -0.343. The van der Waals surface area contributed by atoms with Gasteiger partial charge in [-0.05, 0) is 135 Å². The van der Waals surface area contributed by atoms with Gasteiger partial charge in [-0.15, -0.1) is 0 Å². The number of halogens is 2. The molecule has 11 rings (SSSR count). The topological polar surface area (TPSA) is 6.48 Å². The van der Waals surface area contributed by atoms with Gasteiger partial charge < -0.3 is 9.80 Å². The molecular formula is C65H50F2N2. The number of allylic oxidation sites excluding steroid dienone is 7. The van der Waals surface area contributed by atoms with Crippen LogP contribution in [0.25, 0.3) is 65.7 Å². The van der Waals surface area contributed by atoms with Gasteiger partial charge in [-0.25, -0.2) is 8.78 Å². The Hall–Kier alpha value is -8.34. The summed E-state index contributed by atoms with van der Waals surface area (Å²) in [4.78, 5) is 4.17. The summed E-state index contributed by atoms with van der Waals surface area (Å²) in [5.74, 6) is -0.648. The van der Waals surface area contributed by atoms with Crippen LogP contribution in [-0.4, -0.2) is 0 Å². The van der Waals surface area contributed by atoms with Gasteiger partial charge in [-0.3, -0.25) is 0 Å². The monoisotopic (exact) mass is 896 g/mol. The fraction of sp³-hybridized carbons (Fsp3) is 0.0769. The number of hydrogen-bond acceptors (Lipinski definition) is 2. The van der Waals surface area contributed by atoms with Crippen LogP contribution in [-0.2, 0) is 0 Å². The van der Waals surface area contributed by atoms with E-state index in [-0.39, 0.29) is 11.6 Å². The molecule has 0 unspecified atom stereocenters. The van der Waals surface area contributed by atoms with Crippen LogP contribution in [0.4, 0.5) is 42.9 Å². The standard InChI is InChI=1S/C65H50F2N2/c1-3-5-21-44(4-2)50-40-56(46-24-13-7-14-25-46)64(58(66)42-50)68(52-28-17-9-18-29-52)60-38-34-48-33-37-55-61(39-35-49-32-36-54(60)62(48)63(49)55)69(53-30-19-10-20-31-53)65-57(47-26-15-8-16-27-47)41-51(43-59(65)67)45-22-11-6-12-23-45/h4,6-11,13-22,24-43H,2-3,5,12,23H2,1H3/b44-21+. The van der Waals surface area contributed by atoms with Crippen molar-refractivity contribution in [1.29, 1.82) is 0 Å². The highest BCUT2D eigenvalue weighted by molar-refractivity contribution is 6.28. The van der Waals surface area contributed by atoms with E-state index in [2.05, 4.69) is 120 Å². The summed E-state index contributed by atoms with van der Waals surface area (Å²) in [6, 6.07) is 65.2. The third-order valence-corrected chi connectivity index (χ3v) is 13.5. The van der Waals surface area contributed by atoms with Gasteiger partial charge in [0.05, 0.1) is 22.7 Å². The molecule has 10 aromatic rings. The maximum Gasteiger partial charge on any atom is 0.148 e. The SMILES string of the molecule is C=C/C(=C\CCC)c1cc(F)c(N(c2ccccc2)c2ccc3ccc4c(N(c5ccccc5)c5c(F)cc(C6=CC=CCC6)cc5-c5ccccc5)ccc5ccc2c3c54)c(-c2ccccc2)c1. The highest BCUT2D eigenvalue weighted by Gasteiger charge is 2.28. The third-order valence-electron chi connectivity index (χ3n) is 13.5. The van der Waals surface area contributed by atoms with Gasteiger partial charge in [0, 0.05) is 33.3 Å². The summed E-state index contributed by atoms with van der Waals surface area (Å²) in [6.07, 6.45) is 13.9. The molecular weight excluding hydrogens is 847 g/mol. The van der Waals surface area contributed by atoms with Crippen LogP contribution in [0.5, 0.6) is 0 Å². The van der Waals surface area contributed by atoms with Crippen molar-refractivity contribution in [1.82, 2.24) is 0 Å². The normalized spacial score (nSPS) is 12.7. The van der Waals surface area contributed by atoms with Crippen molar-refractivity contribution in [3.8, 4) is 22.3 Å². The molecule has 4 heteroatoms. The fourth-order valence-electron chi connectivity index (χ4n) is 10.2. The summed E-state index contributed by atoms with van der Waals surface area (Å²) in [5, 5.41) is 6.13. The van der Waals surface area contributed by atoms with Gasteiger partial charge in [-0.1, -0.05) is 184 Å². The number of unbranched alkanes of at least 4 members (excludes halogenated alkanes) is 1. The lowest BCUT2D eigenvalue weighted by molar-refractivity contribution is 0.628. The lowest BCUT2D eigenvalue weighted by Gasteiger charge is -2.31. The van der Waals surface area contributed by atoms with E-state index in [1.165, 1.54) is 0 Å². The molecule has 0 atom stereocenters. The molecule has 0 fully saturated rings. The van der Waals surface area contributed by atoms with E-state index >= 15 is 8.78 Å². The van der Waals surface area contributed by atoms with Gasteiger partial charge >= 0.3 is 0 Å². The van der Waals surface area contributed by atoms with Crippen LogP contribution in [0, 0.1) is 11.6 Å². The Labute approximate surface area is 403 Å². The third kappa shape index (κ3) is 7.98. The van der Waals surface area contributed by atoms with Crippen LogP contribution < -0.4 is 9.80 Å². The molecule has 0 amide bonds. The fourth-order valence-corrected chi connectivity index (χ4v) is 10.2. The highest BCUT2D eigenvalue weighted by atomic mass is 19.1. The molecule has 0 saturated heterocycles. The molecule has 334 valence electrons. The van der Waals surface area contributed by atoms with E-state index in [9.17, 15) is 0 Å². The van der Waals surface area contributed by atoms with E-state index in [4.69, 9.17) is 0 Å². The number of benzene rings is 10. The second-order valence-electron chi connectivity index (χ2n) is 17.7. The average Bonchev–Trinajstić information content (AvgIpc) is 3.41. The van der Waals surface area contributed by atoms with E-state index in [1.54, 1.807) is 12.1 Å². The summed E-state index contributed by atoms with van der Waals surface area (Å²) in [6.45, 7) is 6.26. The number of hydrogen-bond donors (Lipinski definition) is 0. The molecule has 10 aromatic carbocycles. The molecule has 69 heavy (non-hydrogen) atoms. The van der Waals surface area contributed by atoms with Crippen molar-refractivity contribution in [2.45, 2.75) is 32.6 Å². The first-order valence-electron chi connectivity index (χ1n) is 23.9. The zero-order chi connectivity index (χ0) is 46.8. The van der Waals surface area contributed by atoms with Crippen molar-refractivity contribution in [2.75, 3.05) is 9.80 Å². The van der Waals surface area contributed by atoms with Crippen LogP contribution in [0.15, 0.2) is 231 Å². The summed E-state index contributed by atoms with van der Waals surface area (Å²) >= 11 is 0. The van der Waals surface area contributed by atoms with Crippen molar-refractivity contribution in [2.24, 2.45) is 0 Å². The lowest BCUT2D eigenvalue weighted by Crippen LogP contribution is -2.15. The van der Waals surface area contributed by atoms with Crippen LogP contribution in [0.3, 0.4) is 0 Å². The minimum Gasteiger partial charge on any atom is -0.307 e. The second-order valence-corrected chi connectivity index (χ2v) is 17.7. The van der Waals surface area contributed by atoms with Crippen molar-refractivity contribution >= 4 is 77.6 Å². The Morgan fingerprint density at radius 1 is 0.551 bits per heavy atom. The Kier molecular flexibility index (Phi) is 11.7. The Bertz CT molecular complexity index is 3590. The van der Waals surface area contributed by atoms with Crippen molar-refractivity contribution in [3.63, 3.8) is 0 Å². The van der Waals surface area contributed by atoms with E-state index < -0.39 is 0 Å². The number of rotatable bonds is 13. The highest BCUT2D eigenvalue weighted by Crippen LogP contribution is 2.51. The van der Waals surface area contributed by atoms with E-state index in [1.807, 2.05) is 115 Å². The molecule has 0 radical (unpaired) electrons. The maximum atomic E-state index is 17.7. The minimum absolute atomic E-state index is 0.305. The zero-order valence-electron chi connectivity index (χ0n) is 38.5. The molecule has 0 saturated carbocycles. The molecule has 0 spiro atoms. The van der Waals surface area contributed by atoms with Crippen LogP contribution in [0.1, 0.15) is 43.7 Å². The Morgan fingerprint density at radius 3 is 1.54 bits per heavy atom. The predicted octanol–water partition coefficient (Wildman–Crippen LogP) is 19.2. The Balaban J connectivity index is 1.17. The predicted molar refractivity (Wildman–Crippen MR) is 290 cm³/mol. The van der Waals surface area contributed by atoms with Gasteiger partial charge in [0.2, 0.25) is 0 Å². The lowest BCUT2D eigenvalue weighted by atomic mass is 9.90. The molecule has 0 N–H and O–H groups in total. The van der Waals surface area contributed by atoms with Gasteiger partial charge in [0.25, 0.3) is 0 Å². The summed E-state index contributed by atoms with van der Waals surface area (Å²) in [5.41, 5.74) is 11.4. The quantitative estimate of drug-likeness (QED) is 0.0840. The molecule has 0 aliphatic heterocycles. The molecule has 0 heterocycles. The number of para-hydroxylation sites is 2. The maximum absolute atomic E-state index is 17.7. The Morgan fingerprint density at radius 2 is 1.04 bits per heavy atom. The molecule has 1 aliphatic carbocycles. The largest absolute Gasteiger partial charge is 0.307 e. The first-order valence-corrected chi connectivity index (χ1v) is 23.9. The second kappa shape index (κ2) is 18.7. The molecule has 0 aromatic heterocycles.